The van der Waals surface area contributed by atoms with Gasteiger partial charge in [0.2, 0.25) is 0 Å². The molecular weight excluding hydrogens is 312 g/mol. The molecule has 1 aliphatic heterocycles. The SMILES string of the molecule is CCOC(=O)[C@@H]1CCCN(C(=O)c2cc(Br)c[nH]2)C1. The zero-order chi connectivity index (χ0) is 13.8. The summed E-state index contributed by atoms with van der Waals surface area (Å²) in [5.41, 5.74) is 0.538. The molecule has 0 spiro atoms. The minimum atomic E-state index is -0.201. The molecule has 104 valence electrons. The molecule has 0 aliphatic carbocycles. The van der Waals surface area contributed by atoms with Crippen LogP contribution < -0.4 is 0 Å². The fourth-order valence-electron chi connectivity index (χ4n) is 2.28. The van der Waals surface area contributed by atoms with Gasteiger partial charge < -0.3 is 14.6 Å². The first kappa shape index (κ1) is 14.1. The van der Waals surface area contributed by atoms with Crippen molar-refractivity contribution in [3.8, 4) is 0 Å². The lowest BCUT2D eigenvalue weighted by Crippen LogP contribution is -2.42. The molecule has 1 saturated heterocycles. The van der Waals surface area contributed by atoms with Gasteiger partial charge in [0.15, 0.2) is 0 Å². The van der Waals surface area contributed by atoms with Gasteiger partial charge in [-0.1, -0.05) is 0 Å². The summed E-state index contributed by atoms with van der Waals surface area (Å²) in [6, 6.07) is 1.75. The van der Waals surface area contributed by atoms with Crippen molar-refractivity contribution < 1.29 is 14.3 Å². The number of esters is 1. The number of ether oxygens (including phenoxy) is 1. The second-order valence-electron chi connectivity index (χ2n) is 4.57. The molecule has 0 radical (unpaired) electrons. The number of amides is 1. The van der Waals surface area contributed by atoms with Crippen molar-refractivity contribution in [1.82, 2.24) is 9.88 Å². The Morgan fingerprint density at radius 3 is 3.00 bits per heavy atom. The van der Waals surface area contributed by atoms with Gasteiger partial charge in [0, 0.05) is 23.8 Å². The summed E-state index contributed by atoms with van der Waals surface area (Å²) in [7, 11) is 0. The molecule has 0 aromatic carbocycles. The molecule has 1 aliphatic rings. The summed E-state index contributed by atoms with van der Waals surface area (Å²) in [6.45, 7) is 3.30. The number of aromatic nitrogens is 1. The lowest BCUT2D eigenvalue weighted by atomic mass is 9.98. The number of H-pyrrole nitrogens is 1. The maximum atomic E-state index is 12.3. The zero-order valence-electron chi connectivity index (χ0n) is 10.8. The monoisotopic (exact) mass is 328 g/mol. The Morgan fingerprint density at radius 2 is 2.37 bits per heavy atom. The second-order valence-corrected chi connectivity index (χ2v) is 5.49. The van der Waals surface area contributed by atoms with E-state index in [0.717, 1.165) is 17.3 Å². The van der Waals surface area contributed by atoms with E-state index in [0.29, 0.717) is 25.4 Å². The minimum Gasteiger partial charge on any atom is -0.466 e. The summed E-state index contributed by atoms with van der Waals surface area (Å²) in [5.74, 6) is -0.469. The quantitative estimate of drug-likeness (QED) is 0.865. The largest absolute Gasteiger partial charge is 0.466 e. The average Bonchev–Trinajstić information content (AvgIpc) is 2.85. The zero-order valence-corrected chi connectivity index (χ0v) is 12.4. The van der Waals surface area contributed by atoms with Crippen molar-refractivity contribution in [2.75, 3.05) is 19.7 Å². The van der Waals surface area contributed by atoms with E-state index in [1.807, 2.05) is 0 Å². The van der Waals surface area contributed by atoms with Crippen LogP contribution in [0.5, 0.6) is 0 Å². The van der Waals surface area contributed by atoms with E-state index in [1.165, 1.54) is 0 Å². The highest BCUT2D eigenvalue weighted by atomic mass is 79.9. The van der Waals surface area contributed by atoms with Gasteiger partial charge in [-0.05, 0) is 41.8 Å². The molecule has 1 atom stereocenters. The maximum Gasteiger partial charge on any atom is 0.310 e. The third-order valence-corrected chi connectivity index (χ3v) is 3.66. The van der Waals surface area contributed by atoms with Crippen LogP contribution >= 0.6 is 15.9 Å². The molecule has 2 heterocycles. The predicted octanol–water partition coefficient (Wildman–Crippen LogP) is 2.19. The first-order chi connectivity index (χ1) is 9.11. The number of piperidine rings is 1. The topological polar surface area (TPSA) is 62.4 Å². The Labute approximate surface area is 120 Å². The van der Waals surface area contributed by atoms with Gasteiger partial charge >= 0.3 is 5.97 Å². The van der Waals surface area contributed by atoms with Gasteiger partial charge in [0.05, 0.1) is 12.5 Å². The van der Waals surface area contributed by atoms with Crippen molar-refractivity contribution in [1.29, 1.82) is 0 Å². The van der Waals surface area contributed by atoms with Gasteiger partial charge in [-0.3, -0.25) is 9.59 Å². The van der Waals surface area contributed by atoms with Crippen molar-refractivity contribution in [2.24, 2.45) is 5.92 Å². The van der Waals surface area contributed by atoms with Gasteiger partial charge in [-0.2, -0.15) is 0 Å². The van der Waals surface area contributed by atoms with Crippen LogP contribution in [-0.4, -0.2) is 41.5 Å². The standard InChI is InChI=1S/C13H17BrN2O3/c1-2-19-13(18)9-4-3-5-16(8-9)12(17)11-6-10(14)7-15-11/h6-7,9,15H,2-5,8H2,1H3/t9-/m1/s1. The van der Waals surface area contributed by atoms with E-state index in [9.17, 15) is 9.59 Å². The molecular formula is C13H17BrN2O3. The number of aromatic amines is 1. The number of hydrogen-bond donors (Lipinski definition) is 1. The highest BCUT2D eigenvalue weighted by Gasteiger charge is 2.30. The van der Waals surface area contributed by atoms with E-state index in [1.54, 1.807) is 24.1 Å². The maximum absolute atomic E-state index is 12.3. The van der Waals surface area contributed by atoms with Gasteiger partial charge in [0.25, 0.3) is 5.91 Å². The number of carbonyl (C=O) groups excluding carboxylic acids is 2. The van der Waals surface area contributed by atoms with E-state index in [2.05, 4.69) is 20.9 Å². The lowest BCUT2D eigenvalue weighted by Gasteiger charge is -2.31. The van der Waals surface area contributed by atoms with Crippen molar-refractivity contribution >= 4 is 27.8 Å². The van der Waals surface area contributed by atoms with Crippen LogP contribution in [0.4, 0.5) is 0 Å². The number of likely N-dealkylation sites (tertiary alicyclic amines) is 1. The first-order valence-corrected chi connectivity index (χ1v) is 7.21. The first-order valence-electron chi connectivity index (χ1n) is 6.41. The normalized spacial score (nSPS) is 19.3. The van der Waals surface area contributed by atoms with Gasteiger partial charge in [0.1, 0.15) is 5.69 Å². The van der Waals surface area contributed by atoms with E-state index in [-0.39, 0.29) is 17.8 Å². The minimum absolute atomic E-state index is 0.0697. The fraction of sp³-hybridized carbons (Fsp3) is 0.538. The Morgan fingerprint density at radius 1 is 1.58 bits per heavy atom. The molecule has 0 unspecified atom stereocenters. The van der Waals surface area contributed by atoms with Crippen LogP contribution in [-0.2, 0) is 9.53 Å². The Bertz CT molecular complexity index is 472. The fourth-order valence-corrected chi connectivity index (χ4v) is 2.62. The van der Waals surface area contributed by atoms with E-state index in [4.69, 9.17) is 4.74 Å². The Kier molecular flexibility index (Phi) is 4.63. The molecule has 0 saturated carbocycles. The second kappa shape index (κ2) is 6.23. The third kappa shape index (κ3) is 3.37. The van der Waals surface area contributed by atoms with E-state index >= 15 is 0 Å². The summed E-state index contributed by atoms with van der Waals surface area (Å²) >= 11 is 3.30. The van der Waals surface area contributed by atoms with Gasteiger partial charge in [-0.25, -0.2) is 0 Å². The number of nitrogens with zero attached hydrogens (tertiary/aromatic N) is 1. The number of carbonyl (C=O) groups is 2. The van der Waals surface area contributed by atoms with Crippen molar-refractivity contribution in [3.63, 3.8) is 0 Å². The molecule has 1 aromatic rings. The summed E-state index contributed by atoms with van der Waals surface area (Å²) in [6.07, 6.45) is 3.34. The molecule has 1 amide bonds. The molecule has 1 aromatic heterocycles. The lowest BCUT2D eigenvalue weighted by molar-refractivity contribution is -0.149. The number of rotatable bonds is 3. The van der Waals surface area contributed by atoms with Crippen LogP contribution in [0, 0.1) is 5.92 Å². The van der Waals surface area contributed by atoms with Gasteiger partial charge in [-0.15, -0.1) is 0 Å². The smallest absolute Gasteiger partial charge is 0.310 e. The van der Waals surface area contributed by atoms with Crippen molar-refractivity contribution in [3.05, 3.63) is 22.4 Å². The summed E-state index contributed by atoms with van der Waals surface area (Å²) in [5, 5.41) is 0. The number of hydrogen-bond acceptors (Lipinski definition) is 3. The molecule has 5 nitrogen and oxygen atoms in total. The molecule has 1 fully saturated rings. The predicted molar refractivity (Wildman–Crippen MR) is 73.8 cm³/mol. The van der Waals surface area contributed by atoms with Crippen LogP contribution in [0.3, 0.4) is 0 Å². The molecule has 0 bridgehead atoms. The van der Waals surface area contributed by atoms with E-state index < -0.39 is 0 Å². The Hall–Kier alpha value is -1.30. The average molecular weight is 329 g/mol. The molecule has 1 N–H and O–H groups in total. The molecule has 19 heavy (non-hydrogen) atoms. The highest BCUT2D eigenvalue weighted by molar-refractivity contribution is 9.10. The summed E-state index contributed by atoms with van der Waals surface area (Å²) in [4.78, 5) is 28.6. The highest BCUT2D eigenvalue weighted by Crippen LogP contribution is 2.20. The Balaban J connectivity index is 2.01. The molecule has 6 heteroatoms. The number of nitrogens with one attached hydrogen (secondary N) is 1. The van der Waals surface area contributed by atoms with Crippen LogP contribution in [0.2, 0.25) is 0 Å². The summed E-state index contributed by atoms with van der Waals surface area (Å²) < 4.78 is 5.87. The van der Waals surface area contributed by atoms with Crippen LogP contribution in [0.25, 0.3) is 0 Å². The number of halogens is 1. The van der Waals surface area contributed by atoms with Crippen molar-refractivity contribution in [2.45, 2.75) is 19.8 Å². The van der Waals surface area contributed by atoms with Crippen LogP contribution in [0.1, 0.15) is 30.3 Å². The third-order valence-electron chi connectivity index (χ3n) is 3.21. The molecule has 2 rings (SSSR count). The van der Waals surface area contributed by atoms with Crippen LogP contribution in [0.15, 0.2) is 16.7 Å².